The van der Waals surface area contributed by atoms with Gasteiger partial charge in [-0.2, -0.15) is 0 Å². The molecule has 2 nitrogen and oxygen atoms in total. The Kier molecular flexibility index (Phi) is 4.92. The molecule has 0 spiro atoms. The molecule has 0 N–H and O–H groups in total. The van der Waals surface area contributed by atoms with E-state index >= 15 is 0 Å². The molecule has 1 fully saturated rings. The maximum absolute atomic E-state index is 2.66. The number of hydrogen-bond acceptors (Lipinski definition) is 2. The van der Waals surface area contributed by atoms with Crippen molar-refractivity contribution in [1.82, 2.24) is 10.0 Å². The lowest BCUT2D eigenvalue weighted by Crippen LogP contribution is -2.41. The van der Waals surface area contributed by atoms with Gasteiger partial charge in [0.1, 0.15) is 0 Å². The van der Waals surface area contributed by atoms with E-state index in [-0.39, 0.29) is 0 Å². The fourth-order valence-corrected chi connectivity index (χ4v) is 8.41. The Morgan fingerprint density at radius 3 is 1.32 bits per heavy atom. The summed E-state index contributed by atoms with van der Waals surface area (Å²) in [5.74, 6) is 0.717. The maximum Gasteiger partial charge on any atom is 0.0754 e. The van der Waals surface area contributed by atoms with Crippen LogP contribution in [0, 0.1) is 0 Å². The van der Waals surface area contributed by atoms with Crippen LogP contribution in [0.5, 0.6) is 0 Å². The van der Waals surface area contributed by atoms with Crippen LogP contribution in [-0.4, -0.2) is 10.0 Å². The van der Waals surface area contributed by atoms with Crippen molar-refractivity contribution in [2.45, 2.75) is 24.7 Å². The van der Waals surface area contributed by atoms with Gasteiger partial charge in [0.15, 0.2) is 0 Å². The number of hydrogen-bond donors (Lipinski definition) is 0. The van der Waals surface area contributed by atoms with Crippen LogP contribution in [0.4, 0.5) is 0 Å². The van der Waals surface area contributed by atoms with Crippen LogP contribution in [0.3, 0.4) is 0 Å². The SMILES string of the molecule is c1ccc([C@@H]2N3Cc4ccccc4CN3[C@@H](c3ccccc3)P2c2ccccc2)cc1. The van der Waals surface area contributed by atoms with E-state index in [2.05, 4.69) is 125 Å². The van der Waals surface area contributed by atoms with Gasteiger partial charge in [0, 0.05) is 13.1 Å². The van der Waals surface area contributed by atoms with Gasteiger partial charge in [0.05, 0.1) is 11.6 Å². The minimum Gasteiger partial charge on any atom is -0.224 e. The molecule has 152 valence electrons. The number of hydrazine groups is 1. The van der Waals surface area contributed by atoms with Crippen molar-refractivity contribution in [1.29, 1.82) is 0 Å². The highest BCUT2D eigenvalue weighted by Crippen LogP contribution is 2.70. The lowest BCUT2D eigenvalue weighted by Gasteiger charge is -2.39. The second-order valence-electron chi connectivity index (χ2n) is 8.28. The van der Waals surface area contributed by atoms with Crippen molar-refractivity contribution in [3.8, 4) is 0 Å². The molecule has 0 aromatic heterocycles. The zero-order valence-electron chi connectivity index (χ0n) is 17.4. The van der Waals surface area contributed by atoms with Gasteiger partial charge in [-0.1, -0.05) is 115 Å². The monoisotopic (exact) mass is 420 g/mol. The molecule has 2 aliphatic rings. The summed E-state index contributed by atoms with van der Waals surface area (Å²) in [7, 11) is -0.521. The zero-order chi connectivity index (χ0) is 20.6. The Bertz CT molecular complexity index is 1090. The first-order valence-electron chi connectivity index (χ1n) is 10.9. The summed E-state index contributed by atoms with van der Waals surface area (Å²) in [6, 6.07) is 42.4. The maximum atomic E-state index is 2.66. The van der Waals surface area contributed by atoms with E-state index in [1.165, 1.54) is 27.6 Å². The van der Waals surface area contributed by atoms with Crippen molar-refractivity contribution in [2.24, 2.45) is 0 Å². The van der Waals surface area contributed by atoms with E-state index in [1.807, 2.05) is 0 Å². The highest BCUT2D eigenvalue weighted by atomic mass is 31.1. The van der Waals surface area contributed by atoms with Crippen LogP contribution in [0.15, 0.2) is 115 Å². The summed E-state index contributed by atoms with van der Waals surface area (Å²) in [5.41, 5.74) is 5.74. The van der Waals surface area contributed by atoms with Crippen molar-refractivity contribution < 1.29 is 0 Å². The van der Waals surface area contributed by atoms with E-state index in [4.69, 9.17) is 0 Å². The molecule has 6 rings (SSSR count). The average molecular weight is 420 g/mol. The van der Waals surface area contributed by atoms with Crippen LogP contribution >= 0.6 is 7.92 Å². The molecule has 0 saturated carbocycles. The van der Waals surface area contributed by atoms with Gasteiger partial charge in [-0.3, -0.25) is 0 Å². The van der Waals surface area contributed by atoms with Crippen molar-refractivity contribution in [3.05, 3.63) is 138 Å². The zero-order valence-corrected chi connectivity index (χ0v) is 18.3. The van der Waals surface area contributed by atoms with Gasteiger partial charge < -0.3 is 0 Å². The lowest BCUT2D eigenvalue weighted by molar-refractivity contribution is -0.0556. The third kappa shape index (κ3) is 3.32. The van der Waals surface area contributed by atoms with Crippen molar-refractivity contribution in [2.75, 3.05) is 0 Å². The van der Waals surface area contributed by atoms with Crippen molar-refractivity contribution in [3.63, 3.8) is 0 Å². The predicted octanol–water partition coefficient (Wildman–Crippen LogP) is 6.44. The molecular weight excluding hydrogens is 395 g/mol. The molecule has 2 heterocycles. The summed E-state index contributed by atoms with van der Waals surface area (Å²) >= 11 is 0. The first-order valence-corrected chi connectivity index (χ1v) is 12.4. The highest BCUT2D eigenvalue weighted by molar-refractivity contribution is 7.66. The molecule has 2 aliphatic heterocycles. The molecule has 0 amide bonds. The fraction of sp³-hybridized carbons (Fsp3) is 0.143. The second kappa shape index (κ2) is 8.05. The summed E-state index contributed by atoms with van der Waals surface area (Å²) < 4.78 is 0. The highest BCUT2D eigenvalue weighted by Gasteiger charge is 2.50. The Morgan fingerprint density at radius 2 is 0.871 bits per heavy atom. The van der Waals surface area contributed by atoms with Gasteiger partial charge in [0.2, 0.25) is 0 Å². The molecule has 0 bridgehead atoms. The van der Waals surface area contributed by atoms with E-state index < -0.39 is 7.92 Å². The Morgan fingerprint density at radius 1 is 0.484 bits per heavy atom. The van der Waals surface area contributed by atoms with E-state index in [0.717, 1.165) is 13.1 Å². The normalized spacial score (nSPS) is 21.5. The van der Waals surface area contributed by atoms with E-state index in [0.29, 0.717) is 11.6 Å². The summed E-state index contributed by atoms with van der Waals surface area (Å²) in [6.07, 6.45) is 0. The molecule has 1 saturated heterocycles. The quantitative estimate of drug-likeness (QED) is 0.352. The smallest absolute Gasteiger partial charge is 0.0754 e. The third-order valence-electron chi connectivity index (χ3n) is 6.45. The molecule has 0 radical (unpaired) electrons. The van der Waals surface area contributed by atoms with Gasteiger partial charge in [-0.25, -0.2) is 10.0 Å². The van der Waals surface area contributed by atoms with Gasteiger partial charge in [-0.15, -0.1) is 0 Å². The number of nitrogens with zero attached hydrogens (tertiary/aromatic N) is 2. The predicted molar refractivity (Wildman–Crippen MR) is 129 cm³/mol. The lowest BCUT2D eigenvalue weighted by atomic mass is 10.0. The first-order chi connectivity index (χ1) is 15.4. The standard InChI is InChI=1S/C28H25N2P/c1-4-12-22(13-5-1)27-29-20-24-16-10-11-17-25(24)21-30(29)28(23-14-6-2-7-15-23)31(27)26-18-8-3-9-19-26/h1-19,27-28H,20-21H2/t27-,28-/m1/s1. The Balaban J connectivity index is 1.56. The number of benzene rings is 4. The Hall–Kier alpha value is -2.77. The molecular formula is C28H25N2P. The largest absolute Gasteiger partial charge is 0.224 e. The number of fused-ring (bicyclic) bond motifs is 2. The Labute approximate surface area is 185 Å². The molecule has 2 atom stereocenters. The molecule has 4 aromatic carbocycles. The van der Waals surface area contributed by atoms with E-state index in [9.17, 15) is 0 Å². The van der Waals surface area contributed by atoms with Crippen molar-refractivity contribution >= 4 is 13.2 Å². The minimum atomic E-state index is -0.521. The summed E-state index contributed by atoms with van der Waals surface area (Å²) in [4.78, 5) is 0. The average Bonchev–Trinajstić information content (AvgIpc) is 3.18. The molecule has 4 aromatic rings. The van der Waals surface area contributed by atoms with Gasteiger partial charge in [0.25, 0.3) is 0 Å². The third-order valence-corrected chi connectivity index (χ3v) is 9.53. The van der Waals surface area contributed by atoms with E-state index in [1.54, 1.807) is 0 Å². The summed E-state index contributed by atoms with van der Waals surface area (Å²) in [5, 5.41) is 6.79. The fourth-order valence-electron chi connectivity index (χ4n) is 5.07. The van der Waals surface area contributed by atoms with Crippen LogP contribution in [0.25, 0.3) is 0 Å². The van der Waals surface area contributed by atoms with Crippen LogP contribution in [0.2, 0.25) is 0 Å². The molecule has 31 heavy (non-hydrogen) atoms. The summed E-state index contributed by atoms with van der Waals surface area (Å²) in [6.45, 7) is 1.93. The first kappa shape index (κ1) is 19.0. The van der Waals surface area contributed by atoms with Crippen LogP contribution < -0.4 is 5.30 Å². The molecule has 0 aliphatic carbocycles. The second-order valence-corrected chi connectivity index (χ2v) is 10.6. The minimum absolute atomic E-state index is 0.358. The van der Waals surface area contributed by atoms with Crippen LogP contribution in [0.1, 0.15) is 33.8 Å². The van der Waals surface area contributed by atoms with Gasteiger partial charge in [-0.05, 0) is 35.5 Å². The molecule has 3 heteroatoms. The molecule has 0 unspecified atom stereocenters. The number of rotatable bonds is 3. The van der Waals surface area contributed by atoms with Crippen LogP contribution in [-0.2, 0) is 13.1 Å². The van der Waals surface area contributed by atoms with Gasteiger partial charge >= 0.3 is 0 Å². The topological polar surface area (TPSA) is 6.48 Å².